The molecule has 358 valence electrons. The molecule has 4 aliphatic heterocycles. The summed E-state index contributed by atoms with van der Waals surface area (Å²) < 4.78 is 14.4. The number of nitrogens with zero attached hydrogens (tertiary/aromatic N) is 1. The van der Waals surface area contributed by atoms with Crippen LogP contribution in [0.15, 0.2) is 35.5 Å². The average Bonchev–Trinajstić information content (AvgIpc) is 3.79. The molecule has 0 amide bonds. The van der Waals surface area contributed by atoms with Crippen LogP contribution in [0.2, 0.25) is 0 Å². The van der Waals surface area contributed by atoms with Crippen LogP contribution in [0.1, 0.15) is 165 Å². The number of aromatic nitrogens is 2. The van der Waals surface area contributed by atoms with Gasteiger partial charge in [-0.3, -0.25) is 9.59 Å². The van der Waals surface area contributed by atoms with Crippen molar-refractivity contribution in [2.24, 2.45) is 56.7 Å². The van der Waals surface area contributed by atoms with Gasteiger partial charge in [-0.2, -0.15) is 0 Å². The van der Waals surface area contributed by atoms with Gasteiger partial charge < -0.3 is 29.2 Å². The van der Waals surface area contributed by atoms with Crippen molar-refractivity contribution in [3.05, 3.63) is 69.1 Å². The van der Waals surface area contributed by atoms with Crippen molar-refractivity contribution >= 4 is 22.6 Å². The van der Waals surface area contributed by atoms with Gasteiger partial charge in [-0.05, 0) is 141 Å². The predicted octanol–water partition coefficient (Wildman–Crippen LogP) is 10.3. The van der Waals surface area contributed by atoms with E-state index >= 15 is 9.59 Å². The van der Waals surface area contributed by atoms with E-state index in [1.165, 1.54) is 51.9 Å². The molecule has 6 heterocycles. The molecule has 12 atom stereocenters. The number of carbonyl (C=O) groups is 2. The zero-order valence-electron chi connectivity index (χ0n) is 41.7. The number of aromatic amines is 1. The standard InChI is InChI=1S/C59H76N2O6/c1-33-24-34(26-37(25-33)35-18-22-66-23-19-35)27-40-42-15-11-14-39-28-46(64)58(7,38-12-9-10-13-38)45-17-21-56(5)52(59(39,45)8)51(65)41-32-61(42)50-36(31-60-49(40)50)16-20-55(4,29-44(63)53-54(2,3)67-53)48-43(62)30-57(56,6)47(41)48/h24-26,31,35,38-39,41,44-45,51-53,60,63,65H,9-10,12-13,15-23,27-30,32H2,1-8H3. The summed E-state index contributed by atoms with van der Waals surface area (Å²) in [5.41, 5.74) is 9.07. The highest BCUT2D eigenvalue weighted by molar-refractivity contribution is 6.02. The number of H-pyrrole nitrogens is 1. The molecular formula is C59H76N2O6. The van der Waals surface area contributed by atoms with Gasteiger partial charge in [0.05, 0.1) is 28.8 Å². The monoisotopic (exact) mass is 909 g/mol. The molecule has 67 heavy (non-hydrogen) atoms. The van der Waals surface area contributed by atoms with Gasteiger partial charge in [0.15, 0.2) is 5.78 Å². The predicted molar refractivity (Wildman–Crippen MR) is 260 cm³/mol. The van der Waals surface area contributed by atoms with Crippen molar-refractivity contribution < 1.29 is 29.3 Å². The molecule has 9 aliphatic rings. The largest absolute Gasteiger partial charge is 0.392 e. The van der Waals surface area contributed by atoms with E-state index in [-0.39, 0.29) is 35.6 Å². The van der Waals surface area contributed by atoms with Gasteiger partial charge in [0.25, 0.3) is 0 Å². The fourth-order valence-electron chi connectivity index (χ4n) is 18.2. The number of aryl methyl sites for hydroxylation is 2. The second kappa shape index (κ2) is 15.0. The third-order valence-electron chi connectivity index (χ3n) is 21.7. The molecule has 2 aromatic heterocycles. The van der Waals surface area contributed by atoms with Crippen LogP contribution in [0.3, 0.4) is 0 Å². The molecule has 1 aromatic carbocycles. The number of aliphatic hydroxyl groups is 2. The Balaban J connectivity index is 1.09. The fourth-order valence-corrected chi connectivity index (χ4v) is 18.2. The van der Waals surface area contributed by atoms with Gasteiger partial charge in [-0.1, -0.05) is 83.1 Å². The summed E-state index contributed by atoms with van der Waals surface area (Å²) in [5, 5.41) is 26.2. The van der Waals surface area contributed by atoms with Crippen LogP contribution in [0, 0.1) is 75.4 Å². The molecule has 3 aromatic rings. The molecule has 12 unspecified atom stereocenters. The van der Waals surface area contributed by atoms with Crippen molar-refractivity contribution in [2.75, 3.05) is 13.2 Å². The smallest absolute Gasteiger partial charge is 0.160 e. The first-order chi connectivity index (χ1) is 31.8. The number of ketones is 2. The summed E-state index contributed by atoms with van der Waals surface area (Å²) in [5.74, 6) is 8.56. The Labute approximate surface area is 398 Å². The Morgan fingerprint density at radius 3 is 2.45 bits per heavy atom. The number of nitrogens with one attached hydrogen (secondary N) is 1. The number of fused-ring (bicyclic) bond motifs is 1. The van der Waals surface area contributed by atoms with E-state index in [1.807, 2.05) is 13.8 Å². The zero-order valence-corrected chi connectivity index (χ0v) is 41.7. The number of rotatable bonds is 7. The molecular weight excluding hydrogens is 833 g/mol. The van der Waals surface area contributed by atoms with Crippen molar-refractivity contribution in [3.8, 4) is 11.8 Å². The van der Waals surface area contributed by atoms with Crippen LogP contribution >= 0.6 is 0 Å². The number of benzene rings is 1. The summed E-state index contributed by atoms with van der Waals surface area (Å²) in [6, 6.07) is 7.16. The number of aliphatic hydroxyl groups excluding tert-OH is 2. The number of hydrogen-bond acceptors (Lipinski definition) is 6. The Hall–Kier alpha value is -3.48. The van der Waals surface area contributed by atoms with Crippen LogP contribution in [0.25, 0.3) is 11.0 Å². The van der Waals surface area contributed by atoms with E-state index < -0.39 is 44.9 Å². The van der Waals surface area contributed by atoms with E-state index in [0.717, 1.165) is 81.2 Å². The molecule has 4 saturated carbocycles. The average molecular weight is 909 g/mol. The lowest BCUT2D eigenvalue weighted by Crippen LogP contribution is -2.70. The lowest BCUT2D eigenvalue weighted by atomic mass is 9.32. The van der Waals surface area contributed by atoms with Gasteiger partial charge in [-0.25, -0.2) is 0 Å². The maximum atomic E-state index is 15.6. The minimum absolute atomic E-state index is 0.0911. The van der Waals surface area contributed by atoms with Crippen LogP contribution in [-0.4, -0.2) is 68.5 Å². The Morgan fingerprint density at radius 1 is 0.970 bits per heavy atom. The van der Waals surface area contributed by atoms with Gasteiger partial charge >= 0.3 is 0 Å². The number of carbonyl (C=O) groups excluding carboxylic acids is 2. The topological polar surface area (TPSA) is 117 Å². The highest BCUT2D eigenvalue weighted by Crippen LogP contribution is 2.77. The summed E-state index contributed by atoms with van der Waals surface area (Å²) >= 11 is 0. The zero-order chi connectivity index (χ0) is 46.8. The summed E-state index contributed by atoms with van der Waals surface area (Å²) in [6.45, 7) is 20.3. The lowest BCUT2D eigenvalue weighted by Gasteiger charge is -2.71. The normalized spacial score (nSPS) is 40.6. The maximum absolute atomic E-state index is 15.6. The molecule has 2 saturated heterocycles. The number of epoxide rings is 1. The van der Waals surface area contributed by atoms with E-state index in [0.29, 0.717) is 56.3 Å². The summed E-state index contributed by atoms with van der Waals surface area (Å²) in [6.07, 6.45) is 12.8. The first kappa shape index (κ1) is 44.7. The first-order valence-electron chi connectivity index (χ1n) is 26.6. The van der Waals surface area contributed by atoms with Crippen molar-refractivity contribution in [2.45, 2.75) is 188 Å². The molecule has 8 heteroatoms. The van der Waals surface area contributed by atoms with Crippen molar-refractivity contribution in [1.82, 2.24) is 9.55 Å². The molecule has 3 bridgehead atoms. The second-order valence-electron chi connectivity index (χ2n) is 25.5. The highest BCUT2D eigenvalue weighted by Gasteiger charge is 2.75. The van der Waals surface area contributed by atoms with Gasteiger partial charge in [0, 0.05) is 91.1 Å². The summed E-state index contributed by atoms with van der Waals surface area (Å²) in [7, 11) is 0. The number of hydrogen-bond donors (Lipinski definition) is 3. The molecule has 3 N–H and O–H groups in total. The summed E-state index contributed by atoms with van der Waals surface area (Å²) in [4.78, 5) is 34.5. The lowest BCUT2D eigenvalue weighted by molar-refractivity contribution is -0.236. The minimum Gasteiger partial charge on any atom is -0.392 e. The quantitative estimate of drug-likeness (QED) is 0.161. The van der Waals surface area contributed by atoms with Gasteiger partial charge in [0.2, 0.25) is 0 Å². The second-order valence-corrected chi connectivity index (χ2v) is 25.5. The minimum atomic E-state index is -0.764. The Kier molecular flexibility index (Phi) is 10.0. The van der Waals surface area contributed by atoms with Crippen molar-refractivity contribution in [1.29, 1.82) is 0 Å². The fraction of sp³-hybridized carbons (Fsp3) is 0.695. The van der Waals surface area contributed by atoms with Gasteiger partial charge in [0.1, 0.15) is 11.9 Å². The van der Waals surface area contributed by atoms with E-state index in [4.69, 9.17) is 9.47 Å². The molecule has 8 nitrogen and oxygen atoms in total. The van der Waals surface area contributed by atoms with Gasteiger partial charge in [-0.15, -0.1) is 0 Å². The van der Waals surface area contributed by atoms with Crippen LogP contribution < -0.4 is 0 Å². The molecule has 5 aliphatic carbocycles. The van der Waals surface area contributed by atoms with E-state index in [9.17, 15) is 10.2 Å². The first-order valence-corrected chi connectivity index (χ1v) is 26.6. The Bertz CT molecular complexity index is 2680. The maximum Gasteiger partial charge on any atom is 0.160 e. The van der Waals surface area contributed by atoms with Crippen molar-refractivity contribution in [3.63, 3.8) is 0 Å². The third kappa shape index (κ3) is 6.18. The molecule has 12 rings (SSSR count). The number of ether oxygens (including phenoxy) is 2. The Morgan fingerprint density at radius 2 is 1.72 bits per heavy atom. The molecule has 0 spiro atoms. The van der Waals surface area contributed by atoms with E-state index in [2.05, 4.69) is 87.3 Å². The van der Waals surface area contributed by atoms with Crippen LogP contribution in [0.5, 0.6) is 0 Å². The van der Waals surface area contributed by atoms with Crippen LogP contribution in [-0.2, 0) is 44.9 Å². The molecule has 6 fully saturated rings. The number of allylic oxidation sites excluding steroid dienone is 1. The van der Waals surface area contributed by atoms with Crippen LogP contribution in [0.4, 0.5) is 0 Å². The van der Waals surface area contributed by atoms with E-state index in [1.54, 1.807) is 0 Å². The SMILES string of the molecule is Cc1cc(Cc2c3n4c5c(c[nH]c25)CCC(C)(CC(O)C2OC2(C)C)C2=C5C(C4)C(O)C4C6(C)C(C#CC3)CC(=O)C(C)(C3CCCC3)C6CCC4(C)C5(C)CC2=O)cc(C2CCOCC2)c1. The molecule has 0 radical (unpaired) electrons. The number of Topliss-reactive ketones (excluding diaryl/α,β-unsaturated/α-hetero) is 2. The highest BCUT2D eigenvalue weighted by atomic mass is 16.6. The third-order valence-corrected chi connectivity index (χ3v) is 21.7.